The van der Waals surface area contributed by atoms with Crippen molar-refractivity contribution in [3.05, 3.63) is 16.5 Å². The van der Waals surface area contributed by atoms with E-state index in [0.29, 0.717) is 5.92 Å². The molecule has 0 saturated carbocycles. The summed E-state index contributed by atoms with van der Waals surface area (Å²) in [6.07, 6.45) is 0.791. The maximum absolute atomic E-state index is 9.24. The van der Waals surface area contributed by atoms with Crippen molar-refractivity contribution in [3.8, 4) is 0 Å². The molecule has 0 aliphatic carbocycles. The van der Waals surface area contributed by atoms with Crippen LogP contribution in [-0.2, 0) is 6.42 Å². The molecular weight excluding hydrogens is 270 g/mol. The Morgan fingerprint density at radius 3 is 2.62 bits per heavy atom. The fourth-order valence-electron chi connectivity index (χ4n) is 1.31. The number of hydrogen-bond acceptors (Lipinski definition) is 4. The fourth-order valence-corrected chi connectivity index (χ4v) is 1.73. The summed E-state index contributed by atoms with van der Waals surface area (Å²) in [5.74, 6) is 1.90. The topological polar surface area (TPSA) is 58.0 Å². The van der Waals surface area contributed by atoms with E-state index < -0.39 is 0 Å². The lowest BCUT2D eigenvalue weighted by atomic mass is 10.1. The molecule has 5 heteroatoms. The molecule has 2 N–H and O–H groups in total. The van der Waals surface area contributed by atoms with E-state index in [-0.39, 0.29) is 12.6 Å². The van der Waals surface area contributed by atoms with Crippen LogP contribution in [0.5, 0.6) is 0 Å². The molecular formula is C11H18BrN3O. The molecule has 0 amide bonds. The van der Waals surface area contributed by atoms with Gasteiger partial charge in [-0.25, -0.2) is 9.97 Å². The smallest absolute Gasteiger partial charge is 0.131 e. The molecule has 0 aromatic carbocycles. The van der Waals surface area contributed by atoms with Crippen LogP contribution in [-0.4, -0.2) is 27.7 Å². The summed E-state index contributed by atoms with van der Waals surface area (Å²) in [5.41, 5.74) is 0. The minimum absolute atomic E-state index is 0.0199. The summed E-state index contributed by atoms with van der Waals surface area (Å²) < 4.78 is 0.766. The summed E-state index contributed by atoms with van der Waals surface area (Å²) in [6, 6.07) is 1.84. The van der Waals surface area contributed by atoms with Crippen molar-refractivity contribution in [2.75, 3.05) is 11.9 Å². The van der Waals surface area contributed by atoms with E-state index in [1.807, 2.05) is 13.0 Å². The number of aliphatic hydroxyl groups is 1. The van der Waals surface area contributed by atoms with Gasteiger partial charge in [0.25, 0.3) is 0 Å². The minimum Gasteiger partial charge on any atom is -0.394 e. The van der Waals surface area contributed by atoms with Crippen LogP contribution in [0.3, 0.4) is 0 Å². The quantitative estimate of drug-likeness (QED) is 0.816. The Morgan fingerprint density at radius 1 is 1.44 bits per heavy atom. The molecule has 1 rings (SSSR count). The standard InChI is InChI=1S/C11H18BrN3O/c1-4-10-14-9(12)5-11(15-10)13-8(6-16)7(2)3/h5,7-8,16H,4,6H2,1-3H3,(H,13,14,15)/t8-/m1/s1. The third-order valence-electron chi connectivity index (χ3n) is 2.39. The number of aromatic nitrogens is 2. The summed E-state index contributed by atoms with van der Waals surface area (Å²) in [5, 5.41) is 12.4. The first-order valence-corrected chi connectivity index (χ1v) is 6.27. The monoisotopic (exact) mass is 287 g/mol. The van der Waals surface area contributed by atoms with Gasteiger partial charge in [-0.05, 0) is 21.8 Å². The first-order valence-electron chi connectivity index (χ1n) is 5.47. The van der Waals surface area contributed by atoms with Gasteiger partial charge in [0.05, 0.1) is 12.6 Å². The van der Waals surface area contributed by atoms with Crippen molar-refractivity contribution in [1.82, 2.24) is 9.97 Å². The van der Waals surface area contributed by atoms with E-state index in [1.54, 1.807) is 0 Å². The lowest BCUT2D eigenvalue weighted by Crippen LogP contribution is -2.30. The SMILES string of the molecule is CCc1nc(Br)cc(N[C@H](CO)C(C)C)n1. The molecule has 1 aromatic rings. The van der Waals surface area contributed by atoms with Crippen LogP contribution < -0.4 is 5.32 Å². The van der Waals surface area contributed by atoms with Crippen molar-refractivity contribution in [3.63, 3.8) is 0 Å². The molecule has 0 aliphatic rings. The van der Waals surface area contributed by atoms with Crippen LogP contribution in [0.4, 0.5) is 5.82 Å². The van der Waals surface area contributed by atoms with E-state index in [1.165, 1.54) is 0 Å². The number of anilines is 1. The van der Waals surface area contributed by atoms with Gasteiger partial charge in [-0.3, -0.25) is 0 Å². The predicted octanol–water partition coefficient (Wildman–Crippen LogP) is 2.23. The van der Waals surface area contributed by atoms with Gasteiger partial charge in [0, 0.05) is 12.5 Å². The first-order chi connectivity index (χ1) is 7.56. The predicted molar refractivity (Wildman–Crippen MR) is 68.4 cm³/mol. The molecule has 16 heavy (non-hydrogen) atoms. The highest BCUT2D eigenvalue weighted by atomic mass is 79.9. The van der Waals surface area contributed by atoms with Crippen molar-refractivity contribution in [2.24, 2.45) is 5.92 Å². The number of halogens is 1. The van der Waals surface area contributed by atoms with E-state index in [9.17, 15) is 5.11 Å². The zero-order valence-electron chi connectivity index (χ0n) is 9.87. The molecule has 0 fully saturated rings. The van der Waals surface area contributed by atoms with E-state index in [4.69, 9.17) is 0 Å². The summed E-state index contributed by atoms with van der Waals surface area (Å²) in [4.78, 5) is 8.59. The molecule has 1 aromatic heterocycles. The van der Waals surface area contributed by atoms with Crippen LogP contribution in [0.1, 0.15) is 26.6 Å². The molecule has 1 heterocycles. The normalized spacial score (nSPS) is 12.9. The summed E-state index contributed by atoms with van der Waals surface area (Å²) in [7, 11) is 0. The van der Waals surface area contributed by atoms with Crippen LogP contribution >= 0.6 is 15.9 Å². The summed E-state index contributed by atoms with van der Waals surface area (Å²) >= 11 is 3.35. The number of hydrogen-bond donors (Lipinski definition) is 2. The maximum Gasteiger partial charge on any atom is 0.131 e. The molecule has 1 atom stereocenters. The molecule has 0 aliphatic heterocycles. The first kappa shape index (κ1) is 13.4. The summed E-state index contributed by atoms with van der Waals surface area (Å²) in [6.45, 7) is 6.23. The number of aryl methyl sites for hydroxylation is 1. The molecule has 0 bridgehead atoms. The molecule has 0 spiro atoms. The van der Waals surface area contributed by atoms with Gasteiger partial charge in [0.15, 0.2) is 0 Å². The average Bonchev–Trinajstić information content (AvgIpc) is 2.24. The minimum atomic E-state index is 0.0199. The van der Waals surface area contributed by atoms with Crippen molar-refractivity contribution in [2.45, 2.75) is 33.2 Å². The van der Waals surface area contributed by atoms with Crippen LogP contribution in [0.25, 0.3) is 0 Å². The van der Waals surface area contributed by atoms with Gasteiger partial charge in [-0.15, -0.1) is 0 Å². The van der Waals surface area contributed by atoms with E-state index >= 15 is 0 Å². The Morgan fingerprint density at radius 2 is 2.12 bits per heavy atom. The maximum atomic E-state index is 9.24. The van der Waals surface area contributed by atoms with Gasteiger partial charge in [0.2, 0.25) is 0 Å². The highest BCUT2D eigenvalue weighted by molar-refractivity contribution is 9.10. The third kappa shape index (κ3) is 3.72. The Kier molecular flexibility index (Phi) is 5.15. The Hall–Kier alpha value is -0.680. The average molecular weight is 288 g/mol. The van der Waals surface area contributed by atoms with Crippen molar-refractivity contribution < 1.29 is 5.11 Å². The zero-order chi connectivity index (χ0) is 12.1. The van der Waals surface area contributed by atoms with Gasteiger partial charge < -0.3 is 10.4 Å². The largest absolute Gasteiger partial charge is 0.394 e. The highest BCUT2D eigenvalue weighted by Gasteiger charge is 2.13. The lowest BCUT2D eigenvalue weighted by Gasteiger charge is -2.20. The van der Waals surface area contributed by atoms with Gasteiger partial charge in [-0.1, -0.05) is 20.8 Å². The van der Waals surface area contributed by atoms with E-state index in [0.717, 1.165) is 22.7 Å². The van der Waals surface area contributed by atoms with Crippen molar-refractivity contribution >= 4 is 21.7 Å². The number of nitrogens with one attached hydrogen (secondary N) is 1. The van der Waals surface area contributed by atoms with Crippen LogP contribution in [0, 0.1) is 5.92 Å². The molecule has 0 unspecified atom stereocenters. The second-order valence-corrected chi connectivity index (χ2v) is 4.84. The third-order valence-corrected chi connectivity index (χ3v) is 2.80. The van der Waals surface area contributed by atoms with Crippen LogP contribution in [0.2, 0.25) is 0 Å². The number of nitrogens with zero attached hydrogens (tertiary/aromatic N) is 2. The van der Waals surface area contributed by atoms with Gasteiger partial charge in [0.1, 0.15) is 16.2 Å². The van der Waals surface area contributed by atoms with E-state index in [2.05, 4.69) is 45.1 Å². The van der Waals surface area contributed by atoms with Gasteiger partial charge in [-0.2, -0.15) is 0 Å². The molecule has 90 valence electrons. The number of aliphatic hydroxyl groups excluding tert-OH is 1. The fraction of sp³-hybridized carbons (Fsp3) is 0.636. The van der Waals surface area contributed by atoms with Gasteiger partial charge >= 0.3 is 0 Å². The molecule has 0 saturated heterocycles. The second kappa shape index (κ2) is 6.15. The highest BCUT2D eigenvalue weighted by Crippen LogP contribution is 2.15. The molecule has 0 radical (unpaired) electrons. The Balaban J connectivity index is 2.83. The Labute approximate surface area is 105 Å². The Bertz CT molecular complexity index is 344. The van der Waals surface area contributed by atoms with Crippen LogP contribution in [0.15, 0.2) is 10.7 Å². The second-order valence-electron chi connectivity index (χ2n) is 4.02. The zero-order valence-corrected chi connectivity index (χ0v) is 11.5. The number of rotatable bonds is 5. The lowest BCUT2D eigenvalue weighted by molar-refractivity contribution is 0.249. The van der Waals surface area contributed by atoms with Crippen molar-refractivity contribution in [1.29, 1.82) is 0 Å². The molecule has 4 nitrogen and oxygen atoms in total.